The van der Waals surface area contributed by atoms with E-state index in [4.69, 9.17) is 0 Å². The molecule has 19 heavy (non-hydrogen) atoms. The summed E-state index contributed by atoms with van der Waals surface area (Å²) >= 11 is 0. The number of aryl methyl sites for hydroxylation is 1. The molecule has 2 unspecified atom stereocenters. The molecule has 1 aromatic carbocycles. The molecule has 5 heteroatoms. The largest absolute Gasteiger partial charge is 0.382 e. The first kappa shape index (κ1) is 12.4. The molecule has 102 valence electrons. The van der Waals surface area contributed by atoms with Crippen LogP contribution in [0.15, 0.2) is 18.2 Å². The minimum Gasteiger partial charge on any atom is -0.382 e. The number of piperidine rings is 1. The number of nitrogens with one attached hydrogen (secondary N) is 2. The van der Waals surface area contributed by atoms with E-state index in [1.165, 1.54) is 12.8 Å². The fourth-order valence-electron chi connectivity index (χ4n) is 3.27. The van der Waals surface area contributed by atoms with E-state index in [-0.39, 0.29) is 10.6 Å². The molecule has 0 amide bonds. The molecule has 0 radical (unpaired) electrons. The molecule has 2 saturated heterocycles. The lowest BCUT2D eigenvalue weighted by atomic mass is 9.99. The zero-order valence-corrected chi connectivity index (χ0v) is 11.1. The molecule has 2 atom stereocenters. The van der Waals surface area contributed by atoms with Crippen molar-refractivity contribution in [2.24, 2.45) is 0 Å². The van der Waals surface area contributed by atoms with Crippen molar-refractivity contribution in [2.75, 3.05) is 5.32 Å². The summed E-state index contributed by atoms with van der Waals surface area (Å²) in [6.07, 6.45) is 4.74. The number of hydrogen-bond acceptors (Lipinski definition) is 4. The van der Waals surface area contributed by atoms with Gasteiger partial charge in [0.05, 0.1) is 4.92 Å². The summed E-state index contributed by atoms with van der Waals surface area (Å²) in [7, 11) is 0. The second-order valence-corrected chi connectivity index (χ2v) is 5.71. The summed E-state index contributed by atoms with van der Waals surface area (Å²) < 4.78 is 0. The van der Waals surface area contributed by atoms with Crippen LogP contribution in [0, 0.1) is 17.0 Å². The Balaban J connectivity index is 1.75. The average molecular weight is 261 g/mol. The monoisotopic (exact) mass is 261 g/mol. The molecule has 2 bridgehead atoms. The van der Waals surface area contributed by atoms with Crippen molar-refractivity contribution < 1.29 is 4.92 Å². The molecule has 0 saturated carbocycles. The summed E-state index contributed by atoms with van der Waals surface area (Å²) in [5.41, 5.74) is 2.13. The standard InChI is InChI=1S/C14H19N3O2/c1-9-2-5-13(17(18)19)8-14(9)16-12-6-10-3-4-11(7-12)15-10/h2,5,8,10-12,15-16H,3-4,6-7H2,1H3. The van der Waals surface area contributed by atoms with Crippen LogP contribution < -0.4 is 10.6 Å². The summed E-state index contributed by atoms with van der Waals surface area (Å²) in [4.78, 5) is 10.5. The van der Waals surface area contributed by atoms with Gasteiger partial charge in [0.25, 0.3) is 5.69 Å². The van der Waals surface area contributed by atoms with E-state index in [0.717, 1.165) is 24.1 Å². The first-order valence-corrected chi connectivity index (χ1v) is 6.89. The molecule has 2 heterocycles. The summed E-state index contributed by atoms with van der Waals surface area (Å²) in [5, 5.41) is 17.9. The third kappa shape index (κ3) is 2.56. The Morgan fingerprint density at radius 3 is 2.63 bits per heavy atom. The van der Waals surface area contributed by atoms with Crippen LogP contribution >= 0.6 is 0 Å². The van der Waals surface area contributed by atoms with E-state index < -0.39 is 0 Å². The second kappa shape index (κ2) is 4.81. The van der Waals surface area contributed by atoms with E-state index in [9.17, 15) is 10.1 Å². The fraction of sp³-hybridized carbons (Fsp3) is 0.571. The predicted octanol–water partition coefficient (Wildman–Crippen LogP) is 2.60. The zero-order valence-electron chi connectivity index (χ0n) is 11.1. The molecule has 0 aliphatic carbocycles. The highest BCUT2D eigenvalue weighted by Gasteiger charge is 2.33. The van der Waals surface area contributed by atoms with Gasteiger partial charge in [-0.2, -0.15) is 0 Å². The first-order chi connectivity index (χ1) is 9.11. The highest BCUT2D eigenvalue weighted by Crippen LogP contribution is 2.30. The van der Waals surface area contributed by atoms with Gasteiger partial charge >= 0.3 is 0 Å². The van der Waals surface area contributed by atoms with E-state index in [2.05, 4.69) is 10.6 Å². The van der Waals surface area contributed by atoms with Crippen molar-refractivity contribution in [1.29, 1.82) is 0 Å². The average Bonchev–Trinajstić information content (AvgIpc) is 2.71. The minimum atomic E-state index is -0.337. The number of fused-ring (bicyclic) bond motifs is 2. The fourth-order valence-corrected chi connectivity index (χ4v) is 3.27. The number of benzene rings is 1. The number of anilines is 1. The highest BCUT2D eigenvalue weighted by molar-refractivity contribution is 5.57. The van der Waals surface area contributed by atoms with Gasteiger partial charge < -0.3 is 10.6 Å². The quantitative estimate of drug-likeness (QED) is 0.648. The molecule has 2 aliphatic heterocycles. The molecule has 2 fully saturated rings. The van der Waals surface area contributed by atoms with Crippen LogP contribution in [0.25, 0.3) is 0 Å². The minimum absolute atomic E-state index is 0.157. The summed E-state index contributed by atoms with van der Waals surface area (Å²) in [6.45, 7) is 1.99. The zero-order chi connectivity index (χ0) is 13.4. The van der Waals surface area contributed by atoms with Crippen molar-refractivity contribution in [3.63, 3.8) is 0 Å². The predicted molar refractivity (Wildman–Crippen MR) is 74.4 cm³/mol. The van der Waals surface area contributed by atoms with Gasteiger partial charge in [-0.15, -0.1) is 0 Å². The molecular weight excluding hydrogens is 242 g/mol. The Labute approximate surface area is 112 Å². The third-order valence-electron chi connectivity index (χ3n) is 4.26. The molecule has 0 aromatic heterocycles. The van der Waals surface area contributed by atoms with Crippen molar-refractivity contribution >= 4 is 11.4 Å². The summed E-state index contributed by atoms with van der Waals surface area (Å²) in [5.74, 6) is 0. The lowest BCUT2D eigenvalue weighted by Crippen LogP contribution is -2.43. The maximum Gasteiger partial charge on any atom is 0.271 e. The number of nitro groups is 1. The Bertz CT molecular complexity index is 491. The maximum atomic E-state index is 10.8. The van der Waals surface area contributed by atoms with Gasteiger partial charge in [0.1, 0.15) is 0 Å². The van der Waals surface area contributed by atoms with Crippen molar-refractivity contribution in [3.05, 3.63) is 33.9 Å². The van der Waals surface area contributed by atoms with Gasteiger partial charge in [0.15, 0.2) is 0 Å². The van der Waals surface area contributed by atoms with Crippen molar-refractivity contribution in [3.8, 4) is 0 Å². The Kier molecular flexibility index (Phi) is 3.14. The van der Waals surface area contributed by atoms with E-state index in [1.807, 2.05) is 13.0 Å². The normalized spacial score (nSPS) is 29.2. The van der Waals surface area contributed by atoms with Gasteiger partial charge in [-0.3, -0.25) is 10.1 Å². The van der Waals surface area contributed by atoms with Gasteiger partial charge in [-0.25, -0.2) is 0 Å². The van der Waals surface area contributed by atoms with Crippen LogP contribution in [0.4, 0.5) is 11.4 Å². The lowest BCUT2D eigenvalue weighted by Gasteiger charge is -2.30. The van der Waals surface area contributed by atoms with Crippen LogP contribution in [-0.2, 0) is 0 Å². The summed E-state index contributed by atoms with van der Waals surface area (Å²) in [6, 6.07) is 6.70. The van der Waals surface area contributed by atoms with E-state index in [0.29, 0.717) is 18.1 Å². The molecule has 1 aromatic rings. The molecule has 2 aliphatic rings. The smallest absolute Gasteiger partial charge is 0.271 e. The first-order valence-electron chi connectivity index (χ1n) is 6.89. The van der Waals surface area contributed by atoms with Crippen LogP contribution in [0.2, 0.25) is 0 Å². The second-order valence-electron chi connectivity index (χ2n) is 5.71. The van der Waals surface area contributed by atoms with Gasteiger partial charge in [-0.05, 0) is 38.2 Å². The molecule has 5 nitrogen and oxygen atoms in total. The number of nitro benzene ring substituents is 1. The van der Waals surface area contributed by atoms with E-state index in [1.54, 1.807) is 12.1 Å². The Hall–Kier alpha value is -1.62. The number of non-ortho nitro benzene ring substituents is 1. The number of hydrogen-bond donors (Lipinski definition) is 2. The van der Waals surface area contributed by atoms with Crippen molar-refractivity contribution in [1.82, 2.24) is 5.32 Å². The van der Waals surface area contributed by atoms with Crippen LogP contribution in [0.3, 0.4) is 0 Å². The van der Waals surface area contributed by atoms with Gasteiger partial charge in [0.2, 0.25) is 0 Å². The van der Waals surface area contributed by atoms with Crippen LogP contribution in [-0.4, -0.2) is 23.0 Å². The van der Waals surface area contributed by atoms with Crippen LogP contribution in [0.1, 0.15) is 31.2 Å². The lowest BCUT2D eigenvalue weighted by molar-refractivity contribution is -0.384. The van der Waals surface area contributed by atoms with Crippen LogP contribution in [0.5, 0.6) is 0 Å². The Morgan fingerprint density at radius 1 is 1.32 bits per heavy atom. The van der Waals surface area contributed by atoms with Gasteiger partial charge in [0, 0.05) is 35.9 Å². The number of nitrogens with zero attached hydrogens (tertiary/aromatic N) is 1. The highest BCUT2D eigenvalue weighted by atomic mass is 16.6. The topological polar surface area (TPSA) is 67.2 Å². The van der Waals surface area contributed by atoms with Gasteiger partial charge in [-0.1, -0.05) is 6.07 Å². The van der Waals surface area contributed by atoms with E-state index >= 15 is 0 Å². The maximum absolute atomic E-state index is 10.8. The Morgan fingerprint density at radius 2 is 2.00 bits per heavy atom. The number of rotatable bonds is 3. The molecular formula is C14H19N3O2. The molecule has 2 N–H and O–H groups in total. The third-order valence-corrected chi connectivity index (χ3v) is 4.26. The molecule has 0 spiro atoms. The van der Waals surface area contributed by atoms with Crippen molar-refractivity contribution in [2.45, 2.75) is 50.7 Å². The molecule has 3 rings (SSSR count). The SMILES string of the molecule is Cc1ccc([N+](=O)[O-])cc1NC1CC2CCC(C1)N2.